The van der Waals surface area contributed by atoms with Crippen molar-refractivity contribution in [3.05, 3.63) is 6.33 Å². The molecule has 0 saturated carbocycles. The monoisotopic (exact) mass is 155 g/mol. The van der Waals surface area contributed by atoms with Gasteiger partial charge in [-0.05, 0) is 13.0 Å². The lowest BCUT2D eigenvalue weighted by Gasteiger charge is -2.13. The molecule has 0 aromatic carbocycles. The first kappa shape index (κ1) is 8.00. The number of H-pyrrole nitrogens is 1. The van der Waals surface area contributed by atoms with Crippen molar-refractivity contribution < 1.29 is 0 Å². The fourth-order valence-corrected chi connectivity index (χ4v) is 0.817. The third kappa shape index (κ3) is 2.19. The van der Waals surface area contributed by atoms with E-state index >= 15 is 0 Å². The molecule has 0 saturated heterocycles. The van der Waals surface area contributed by atoms with Gasteiger partial charge in [0.25, 0.3) is 0 Å². The lowest BCUT2D eigenvalue weighted by Crippen LogP contribution is -2.22. The number of anilines is 1. The van der Waals surface area contributed by atoms with E-state index in [0.29, 0.717) is 6.54 Å². The molecular formula is C6H13N5. The number of rotatable bonds is 4. The summed E-state index contributed by atoms with van der Waals surface area (Å²) in [5.74, 6) is 0.790. The molecule has 0 aliphatic heterocycles. The molecule has 0 unspecified atom stereocenters. The fraction of sp³-hybridized carbons (Fsp3) is 0.667. The Morgan fingerprint density at radius 3 is 3.09 bits per heavy atom. The van der Waals surface area contributed by atoms with Gasteiger partial charge in [0.15, 0.2) is 0 Å². The Morgan fingerprint density at radius 1 is 1.73 bits per heavy atom. The lowest BCUT2D eigenvalue weighted by molar-refractivity contribution is 0.776. The van der Waals surface area contributed by atoms with Crippen LogP contribution >= 0.6 is 0 Å². The van der Waals surface area contributed by atoms with Gasteiger partial charge in [-0.3, -0.25) is 0 Å². The van der Waals surface area contributed by atoms with E-state index in [0.717, 1.165) is 18.9 Å². The Morgan fingerprint density at radius 2 is 2.55 bits per heavy atom. The van der Waals surface area contributed by atoms with Crippen molar-refractivity contribution in [3.63, 3.8) is 0 Å². The third-order valence-electron chi connectivity index (χ3n) is 1.46. The number of hydrogen-bond donors (Lipinski definition) is 2. The van der Waals surface area contributed by atoms with Crippen molar-refractivity contribution in [2.24, 2.45) is 5.73 Å². The molecule has 62 valence electrons. The van der Waals surface area contributed by atoms with Crippen LogP contribution < -0.4 is 10.6 Å². The van der Waals surface area contributed by atoms with Crippen LogP contribution in [0.2, 0.25) is 0 Å². The Labute approximate surface area is 65.6 Å². The van der Waals surface area contributed by atoms with Crippen molar-refractivity contribution in [2.45, 2.75) is 6.42 Å². The van der Waals surface area contributed by atoms with Crippen molar-refractivity contribution >= 4 is 5.95 Å². The van der Waals surface area contributed by atoms with Crippen LogP contribution in [0.4, 0.5) is 5.95 Å². The molecule has 5 heteroatoms. The average Bonchev–Trinajstić information content (AvgIpc) is 2.52. The molecule has 0 fully saturated rings. The molecule has 5 nitrogen and oxygen atoms in total. The van der Waals surface area contributed by atoms with E-state index in [-0.39, 0.29) is 0 Å². The number of nitrogens with two attached hydrogens (primary N) is 1. The van der Waals surface area contributed by atoms with Crippen molar-refractivity contribution in [1.82, 2.24) is 15.2 Å². The normalized spacial score (nSPS) is 10.0. The van der Waals surface area contributed by atoms with Gasteiger partial charge in [0.1, 0.15) is 6.33 Å². The maximum absolute atomic E-state index is 5.36. The standard InChI is InChI=1S/C6H13N5/c1-11(4-2-3-7)6-8-5-9-10-6/h5H,2-4,7H2,1H3,(H,8,9,10). The van der Waals surface area contributed by atoms with Crippen LogP contribution in [0.5, 0.6) is 0 Å². The molecule has 1 aromatic heterocycles. The zero-order valence-electron chi connectivity index (χ0n) is 6.62. The van der Waals surface area contributed by atoms with Crippen LogP contribution in [0.25, 0.3) is 0 Å². The molecule has 0 aliphatic carbocycles. The average molecular weight is 155 g/mol. The van der Waals surface area contributed by atoms with E-state index in [4.69, 9.17) is 5.73 Å². The molecular weight excluding hydrogens is 142 g/mol. The Hall–Kier alpha value is -1.10. The minimum absolute atomic E-state index is 0.707. The SMILES string of the molecule is CN(CCCN)c1ncn[nH]1. The zero-order valence-corrected chi connectivity index (χ0v) is 6.62. The molecule has 0 amide bonds. The number of nitrogens with one attached hydrogen (secondary N) is 1. The van der Waals surface area contributed by atoms with Gasteiger partial charge >= 0.3 is 0 Å². The molecule has 0 bridgehead atoms. The van der Waals surface area contributed by atoms with E-state index in [1.165, 1.54) is 6.33 Å². The zero-order chi connectivity index (χ0) is 8.10. The van der Waals surface area contributed by atoms with Gasteiger partial charge in [0, 0.05) is 13.6 Å². The Kier molecular flexibility index (Phi) is 2.85. The molecule has 0 spiro atoms. The minimum Gasteiger partial charge on any atom is -0.344 e. The molecule has 0 atom stereocenters. The van der Waals surface area contributed by atoms with Crippen LogP contribution in [-0.2, 0) is 0 Å². The summed E-state index contributed by atoms with van der Waals surface area (Å²) in [4.78, 5) is 5.97. The van der Waals surface area contributed by atoms with Crippen LogP contribution in [0, 0.1) is 0 Å². The number of aromatic amines is 1. The molecule has 11 heavy (non-hydrogen) atoms. The first-order chi connectivity index (χ1) is 5.34. The highest BCUT2D eigenvalue weighted by molar-refractivity contribution is 5.24. The minimum atomic E-state index is 0.707. The topological polar surface area (TPSA) is 70.8 Å². The smallest absolute Gasteiger partial charge is 0.220 e. The largest absolute Gasteiger partial charge is 0.344 e. The highest BCUT2D eigenvalue weighted by Gasteiger charge is 2.00. The second kappa shape index (κ2) is 3.92. The van der Waals surface area contributed by atoms with E-state index in [2.05, 4.69) is 15.2 Å². The summed E-state index contributed by atoms with van der Waals surface area (Å²) in [5.41, 5.74) is 5.36. The molecule has 3 N–H and O–H groups in total. The summed E-state index contributed by atoms with van der Waals surface area (Å²) < 4.78 is 0. The first-order valence-corrected chi connectivity index (χ1v) is 3.61. The van der Waals surface area contributed by atoms with Crippen LogP contribution in [0.1, 0.15) is 6.42 Å². The van der Waals surface area contributed by atoms with Gasteiger partial charge in [-0.15, -0.1) is 0 Å². The second-order valence-corrected chi connectivity index (χ2v) is 2.37. The summed E-state index contributed by atoms with van der Waals surface area (Å²) in [6.45, 7) is 1.62. The molecule has 0 radical (unpaired) electrons. The molecule has 0 aliphatic rings. The van der Waals surface area contributed by atoms with Gasteiger partial charge in [-0.2, -0.15) is 10.1 Å². The summed E-state index contributed by atoms with van der Waals surface area (Å²) in [6.07, 6.45) is 2.46. The summed E-state index contributed by atoms with van der Waals surface area (Å²) in [7, 11) is 1.95. The lowest BCUT2D eigenvalue weighted by atomic mass is 10.4. The van der Waals surface area contributed by atoms with Gasteiger partial charge in [0.05, 0.1) is 0 Å². The van der Waals surface area contributed by atoms with Crippen LogP contribution in [0.3, 0.4) is 0 Å². The maximum atomic E-state index is 5.36. The highest BCUT2D eigenvalue weighted by Crippen LogP contribution is 2.00. The van der Waals surface area contributed by atoms with Gasteiger partial charge in [-0.1, -0.05) is 0 Å². The van der Waals surface area contributed by atoms with E-state index < -0.39 is 0 Å². The Bertz CT molecular complexity index is 183. The van der Waals surface area contributed by atoms with Crippen LogP contribution in [0.15, 0.2) is 6.33 Å². The summed E-state index contributed by atoms with van der Waals surface area (Å²) >= 11 is 0. The predicted octanol–water partition coefficient (Wildman–Crippen LogP) is -0.410. The highest BCUT2D eigenvalue weighted by atomic mass is 15.3. The van der Waals surface area contributed by atoms with Crippen molar-refractivity contribution in [1.29, 1.82) is 0 Å². The number of hydrogen-bond acceptors (Lipinski definition) is 4. The third-order valence-corrected chi connectivity index (χ3v) is 1.46. The fourth-order valence-electron chi connectivity index (χ4n) is 0.817. The molecule has 1 heterocycles. The van der Waals surface area contributed by atoms with E-state index in [1.54, 1.807) is 0 Å². The molecule has 1 aromatic rings. The number of nitrogens with zero attached hydrogens (tertiary/aromatic N) is 3. The van der Waals surface area contributed by atoms with Gasteiger partial charge in [0.2, 0.25) is 5.95 Å². The maximum Gasteiger partial charge on any atom is 0.220 e. The van der Waals surface area contributed by atoms with E-state index in [9.17, 15) is 0 Å². The molecule has 1 rings (SSSR count). The van der Waals surface area contributed by atoms with Gasteiger partial charge < -0.3 is 10.6 Å². The summed E-state index contributed by atoms with van der Waals surface area (Å²) in [6, 6.07) is 0. The van der Waals surface area contributed by atoms with Gasteiger partial charge in [-0.25, -0.2) is 5.10 Å². The Balaban J connectivity index is 2.36. The van der Waals surface area contributed by atoms with Crippen molar-refractivity contribution in [3.8, 4) is 0 Å². The van der Waals surface area contributed by atoms with Crippen LogP contribution in [-0.4, -0.2) is 35.3 Å². The first-order valence-electron chi connectivity index (χ1n) is 3.61. The van der Waals surface area contributed by atoms with E-state index in [1.807, 2.05) is 11.9 Å². The predicted molar refractivity (Wildman–Crippen MR) is 43.3 cm³/mol. The summed E-state index contributed by atoms with van der Waals surface area (Å²) in [5, 5.41) is 6.51. The van der Waals surface area contributed by atoms with Crippen molar-refractivity contribution in [2.75, 3.05) is 25.0 Å². The second-order valence-electron chi connectivity index (χ2n) is 2.37. The quantitative estimate of drug-likeness (QED) is 0.620. The number of aromatic nitrogens is 3.